The second kappa shape index (κ2) is 25.4. The number of nitrogens with one attached hydrogen (secondary N) is 1. The Bertz CT molecular complexity index is 1950. The van der Waals surface area contributed by atoms with Crippen LogP contribution in [0.1, 0.15) is 107 Å². The van der Waals surface area contributed by atoms with E-state index in [1.807, 2.05) is 67.6 Å². The molecule has 0 unspecified atom stereocenters. The Labute approximate surface area is 380 Å². The van der Waals surface area contributed by atoms with Crippen molar-refractivity contribution in [2.75, 3.05) is 13.1 Å². The van der Waals surface area contributed by atoms with Gasteiger partial charge < -0.3 is 21.1 Å². The Morgan fingerprint density at radius 2 is 1.21 bits per heavy atom. The number of benzene rings is 2. The third kappa shape index (κ3) is 13.9. The number of aliphatic carboxylic acids is 1. The fourth-order valence-electron chi connectivity index (χ4n) is 8.88. The molecular weight excluding hydrogens is 854 g/mol. The molecule has 2 saturated carbocycles. The van der Waals surface area contributed by atoms with E-state index in [2.05, 4.69) is 24.5 Å². The number of ketones is 2. The largest absolute Gasteiger partial charge is 0.481 e. The van der Waals surface area contributed by atoms with E-state index in [1.165, 1.54) is 48.7 Å². The van der Waals surface area contributed by atoms with E-state index in [0.29, 0.717) is 18.9 Å². The number of carboxylic acid groups (broad SMARTS) is 1. The predicted octanol–water partition coefficient (Wildman–Crippen LogP) is 8.42. The van der Waals surface area contributed by atoms with Crippen molar-refractivity contribution in [1.29, 1.82) is 0 Å². The number of aromatic nitrogens is 4. The Balaban J connectivity index is 0.000000220. The number of halogens is 2. The third-order valence-electron chi connectivity index (χ3n) is 12.4. The zero-order chi connectivity index (χ0) is 41.6. The van der Waals surface area contributed by atoms with E-state index in [9.17, 15) is 19.2 Å². The standard InChI is InChI=1S/C22H28N4O2S.C14H15N3OS.C9H16O2.2ClH/c23-20(15-8-3-1-4-9-15)22(28)26-13-7-12-17(26)18(27)14-19-21(24-25-29-19)16-10-5-2-6-11-16;18-12(11-7-4-8-15-11)9-13-14(16-17-19-13)10-5-2-1-3-6-10;1-7(9(10)11)8-5-3-2-4-6-8;;/h2,5-6,10-11,15,17,20H,1,3-4,7-9,12-14,23H2;1-3,5-6,11,15H,4,7-9H2;7-8H,2-6H2,1H3,(H,10,11);2*1H/t17-,20-;11-;7-;;/m000../s1. The summed E-state index contributed by atoms with van der Waals surface area (Å²) in [5, 5.41) is 20.4. The van der Waals surface area contributed by atoms with Crippen molar-refractivity contribution in [1.82, 2.24) is 29.4 Å². The molecule has 2 saturated heterocycles. The molecule has 2 aliphatic heterocycles. The van der Waals surface area contributed by atoms with Crippen molar-refractivity contribution in [3.05, 3.63) is 70.4 Å². The minimum absolute atomic E-state index is 0. The Hall–Kier alpha value is -3.66. The van der Waals surface area contributed by atoms with Crippen LogP contribution in [0.2, 0.25) is 0 Å². The highest BCUT2D eigenvalue weighted by atomic mass is 35.5. The summed E-state index contributed by atoms with van der Waals surface area (Å²) in [7, 11) is 0. The second-order valence-corrected chi connectivity index (χ2v) is 18.1. The molecule has 4 heterocycles. The van der Waals surface area contributed by atoms with Crippen LogP contribution in [-0.2, 0) is 32.0 Å². The fraction of sp³-hybridized carbons (Fsp3) is 0.556. The first-order valence-corrected chi connectivity index (χ1v) is 23.1. The molecule has 8 rings (SSSR count). The van der Waals surface area contributed by atoms with E-state index in [1.54, 1.807) is 4.90 Å². The summed E-state index contributed by atoms with van der Waals surface area (Å²) in [5.74, 6) is 0.213. The molecule has 4 atom stereocenters. The van der Waals surface area contributed by atoms with Gasteiger partial charge in [-0.25, -0.2) is 0 Å². The summed E-state index contributed by atoms with van der Waals surface area (Å²) in [6.45, 7) is 3.41. The monoisotopic (exact) mass is 913 g/mol. The van der Waals surface area contributed by atoms with E-state index in [0.717, 1.165) is 103 Å². The van der Waals surface area contributed by atoms with Gasteiger partial charge in [-0.05, 0) is 92.8 Å². The highest BCUT2D eigenvalue weighted by Crippen LogP contribution is 2.32. The molecule has 0 bridgehead atoms. The molecule has 0 spiro atoms. The van der Waals surface area contributed by atoms with Gasteiger partial charge in [-0.2, -0.15) is 0 Å². The lowest BCUT2D eigenvalue weighted by molar-refractivity contribution is -0.143. The number of nitrogens with zero attached hydrogens (tertiary/aromatic N) is 5. The lowest BCUT2D eigenvalue weighted by Gasteiger charge is -2.32. The van der Waals surface area contributed by atoms with Crippen molar-refractivity contribution in [2.24, 2.45) is 23.5 Å². The molecule has 2 aliphatic carbocycles. The van der Waals surface area contributed by atoms with Gasteiger partial charge in [0.05, 0.1) is 33.8 Å². The van der Waals surface area contributed by atoms with Gasteiger partial charge >= 0.3 is 5.97 Å². The number of nitrogens with two attached hydrogens (primary N) is 1. The fourth-order valence-corrected chi connectivity index (χ4v) is 10.2. The number of carbonyl (C=O) groups excluding carboxylic acids is 3. The summed E-state index contributed by atoms with van der Waals surface area (Å²) in [5.41, 5.74) is 9.94. The average molecular weight is 915 g/mol. The Kier molecular flexibility index (Phi) is 20.9. The number of carbonyl (C=O) groups is 4. The molecule has 4 aliphatic rings. The molecule has 4 fully saturated rings. The summed E-state index contributed by atoms with van der Waals surface area (Å²) in [6.07, 6.45) is 15.8. The van der Waals surface area contributed by atoms with Gasteiger partial charge in [-0.3, -0.25) is 19.2 Å². The van der Waals surface area contributed by atoms with Crippen LogP contribution < -0.4 is 11.1 Å². The number of Topliss-reactive ketones (excluding diaryl/α,β-unsaturated/α-hetero) is 2. The lowest BCUT2D eigenvalue weighted by Crippen LogP contribution is -2.51. The molecule has 61 heavy (non-hydrogen) atoms. The van der Waals surface area contributed by atoms with Gasteiger partial charge in [0.2, 0.25) is 5.91 Å². The smallest absolute Gasteiger partial charge is 0.306 e. The maximum Gasteiger partial charge on any atom is 0.306 e. The van der Waals surface area contributed by atoms with Gasteiger partial charge in [0.25, 0.3) is 0 Å². The zero-order valence-electron chi connectivity index (χ0n) is 35.0. The minimum atomic E-state index is -0.628. The topological polar surface area (TPSA) is 181 Å². The molecule has 0 radical (unpaired) electrons. The highest BCUT2D eigenvalue weighted by molar-refractivity contribution is 7.06. The van der Waals surface area contributed by atoms with Crippen LogP contribution in [0.3, 0.4) is 0 Å². The van der Waals surface area contributed by atoms with Crippen LogP contribution in [0.25, 0.3) is 22.5 Å². The first-order chi connectivity index (χ1) is 28.7. The van der Waals surface area contributed by atoms with Gasteiger partial charge in [0.15, 0.2) is 11.6 Å². The van der Waals surface area contributed by atoms with Crippen LogP contribution >= 0.6 is 47.9 Å². The van der Waals surface area contributed by atoms with Crippen LogP contribution in [-0.4, -0.2) is 83.8 Å². The molecule has 1 amide bonds. The minimum Gasteiger partial charge on any atom is -0.481 e. The third-order valence-corrected chi connectivity index (χ3v) is 13.9. The Morgan fingerprint density at radius 1 is 0.705 bits per heavy atom. The van der Waals surface area contributed by atoms with E-state index >= 15 is 0 Å². The Morgan fingerprint density at radius 3 is 1.70 bits per heavy atom. The van der Waals surface area contributed by atoms with Crippen LogP contribution in [0.15, 0.2) is 60.7 Å². The van der Waals surface area contributed by atoms with E-state index < -0.39 is 12.0 Å². The average Bonchev–Trinajstić information content (AvgIpc) is 4.13. The van der Waals surface area contributed by atoms with Gasteiger partial charge in [-0.1, -0.05) is 115 Å². The summed E-state index contributed by atoms with van der Waals surface area (Å²) < 4.78 is 8.06. The molecule has 2 aromatic heterocycles. The SMILES string of the molecule is C[C@H](C(=O)O)C1CCCCC1.Cl.Cl.N[C@H](C(=O)N1CCC[C@H]1C(=O)Cc1snnc1-c1ccccc1)C1CCCCC1.O=C(Cc1snnc1-c1ccccc1)[C@@H]1CCCN1. The van der Waals surface area contributed by atoms with E-state index in [-0.39, 0.29) is 72.6 Å². The molecule has 332 valence electrons. The maximum absolute atomic E-state index is 13.1. The first-order valence-electron chi connectivity index (χ1n) is 21.5. The normalized spacial score (nSPS) is 20.1. The summed E-state index contributed by atoms with van der Waals surface area (Å²) in [4.78, 5) is 52.6. The quantitative estimate of drug-likeness (QED) is 0.124. The maximum atomic E-state index is 13.1. The second-order valence-electron chi connectivity index (χ2n) is 16.4. The molecule has 4 N–H and O–H groups in total. The molecule has 16 heteroatoms. The summed E-state index contributed by atoms with van der Waals surface area (Å²) >= 11 is 2.58. The van der Waals surface area contributed by atoms with E-state index in [4.69, 9.17) is 10.8 Å². The van der Waals surface area contributed by atoms with Gasteiger partial charge in [0.1, 0.15) is 11.4 Å². The first kappa shape index (κ1) is 50.0. The zero-order valence-corrected chi connectivity index (χ0v) is 38.3. The van der Waals surface area contributed by atoms with Crippen LogP contribution in [0.4, 0.5) is 0 Å². The van der Waals surface area contributed by atoms with Crippen molar-refractivity contribution in [3.63, 3.8) is 0 Å². The number of rotatable bonds is 12. The molecule has 2 aromatic carbocycles. The predicted molar refractivity (Wildman–Crippen MR) is 246 cm³/mol. The number of amides is 1. The summed E-state index contributed by atoms with van der Waals surface area (Å²) in [6, 6.07) is 18.9. The molecule has 4 aromatic rings. The van der Waals surface area contributed by atoms with Crippen molar-refractivity contribution >= 4 is 71.3 Å². The number of hydrogen-bond acceptors (Lipinski definition) is 12. The van der Waals surface area contributed by atoms with Crippen molar-refractivity contribution in [2.45, 2.75) is 128 Å². The van der Waals surface area contributed by atoms with Crippen molar-refractivity contribution < 1.29 is 24.3 Å². The van der Waals surface area contributed by atoms with Crippen molar-refractivity contribution in [3.8, 4) is 22.5 Å². The lowest BCUT2D eigenvalue weighted by atomic mass is 9.81. The molecular formula is C45H61Cl2N7O5S2. The number of hydrogen-bond donors (Lipinski definition) is 3. The van der Waals surface area contributed by atoms with Crippen LogP contribution in [0.5, 0.6) is 0 Å². The number of carboxylic acids is 1. The van der Waals surface area contributed by atoms with Crippen LogP contribution in [0, 0.1) is 17.8 Å². The van der Waals surface area contributed by atoms with Gasteiger partial charge in [-0.15, -0.1) is 35.0 Å². The molecule has 12 nitrogen and oxygen atoms in total. The van der Waals surface area contributed by atoms with Gasteiger partial charge in [0, 0.05) is 30.5 Å². The number of likely N-dealkylation sites (tertiary alicyclic amines) is 1. The highest BCUT2D eigenvalue weighted by Gasteiger charge is 2.38.